The lowest BCUT2D eigenvalue weighted by molar-refractivity contribution is -0.144. The summed E-state index contributed by atoms with van der Waals surface area (Å²) in [6, 6.07) is 0. The molecule has 0 aromatic carbocycles. The van der Waals surface area contributed by atoms with Gasteiger partial charge in [-0.25, -0.2) is 9.59 Å². The molecule has 2 aliphatic carbocycles. The Morgan fingerprint density at radius 3 is 1.42 bits per heavy atom. The van der Waals surface area contributed by atoms with Crippen molar-refractivity contribution in [2.75, 3.05) is 26.3 Å². The van der Waals surface area contributed by atoms with Gasteiger partial charge in [-0.15, -0.1) is 0 Å². The number of fused-ring (bicyclic) bond motifs is 6. The number of carbonyl (C=O) groups excluding carboxylic acids is 6. The van der Waals surface area contributed by atoms with E-state index in [2.05, 4.69) is 35.9 Å². The molecule has 0 spiro atoms. The van der Waals surface area contributed by atoms with Gasteiger partial charge in [0.1, 0.15) is 37.6 Å². The zero-order valence-corrected chi connectivity index (χ0v) is 36.9. The molecule has 4 aliphatic heterocycles. The summed E-state index contributed by atoms with van der Waals surface area (Å²) in [4.78, 5) is 74.0. The maximum atomic E-state index is 12.5. The highest BCUT2D eigenvalue weighted by molar-refractivity contribution is 5.91. The molecule has 62 heavy (non-hydrogen) atoms. The van der Waals surface area contributed by atoms with Gasteiger partial charge in [0, 0.05) is 48.9 Å². The van der Waals surface area contributed by atoms with Crippen molar-refractivity contribution in [2.45, 2.75) is 178 Å². The normalized spacial score (nSPS) is 31.8. The Kier molecular flexibility index (Phi) is 16.6. The van der Waals surface area contributed by atoms with Crippen LogP contribution in [0.25, 0.3) is 0 Å². The number of allylic oxidation sites excluding steroid dienone is 2. The molecule has 4 fully saturated rings. The number of hydrogen-bond donors (Lipinski definition) is 2. The predicted molar refractivity (Wildman–Crippen MR) is 228 cm³/mol. The quantitative estimate of drug-likeness (QED) is 0.0319. The summed E-state index contributed by atoms with van der Waals surface area (Å²) in [6.45, 7) is 13.5. The summed E-state index contributed by atoms with van der Waals surface area (Å²) in [5.41, 5.74) is 2.30. The summed E-state index contributed by atoms with van der Waals surface area (Å²) in [5.74, 6) is -2.08. The van der Waals surface area contributed by atoms with Gasteiger partial charge in [-0.1, -0.05) is 63.8 Å². The smallest absolute Gasteiger partial charge is 0.334 e. The van der Waals surface area contributed by atoms with E-state index >= 15 is 0 Å². The second-order valence-corrected chi connectivity index (χ2v) is 18.4. The van der Waals surface area contributed by atoms with E-state index in [0.717, 1.165) is 88.2 Å². The average Bonchev–Trinajstić information content (AvgIpc) is 4.06. The lowest BCUT2D eigenvalue weighted by atomic mass is 9.84. The highest BCUT2D eigenvalue weighted by Crippen LogP contribution is 2.51. The zero-order chi connectivity index (χ0) is 44.3. The van der Waals surface area contributed by atoms with E-state index in [4.69, 9.17) is 28.4 Å². The second kappa shape index (κ2) is 21.9. The number of carbonyl (C=O) groups is 6. The first kappa shape index (κ1) is 47.2. The summed E-state index contributed by atoms with van der Waals surface area (Å²) >= 11 is 0. The summed E-state index contributed by atoms with van der Waals surface area (Å²) in [5, 5.41) is 5.81. The van der Waals surface area contributed by atoms with Gasteiger partial charge in [0.15, 0.2) is 0 Å². The average molecular weight is 865 g/mol. The van der Waals surface area contributed by atoms with Gasteiger partial charge < -0.3 is 39.1 Å². The fourth-order valence-electron chi connectivity index (χ4n) is 9.37. The van der Waals surface area contributed by atoms with Crippen LogP contribution in [0, 0.1) is 11.8 Å². The number of hydrogen-bond acceptors (Lipinski definition) is 12. The Bertz CT molecular complexity index is 1640. The van der Waals surface area contributed by atoms with Crippen molar-refractivity contribution in [2.24, 2.45) is 11.8 Å². The molecule has 0 saturated carbocycles. The lowest BCUT2D eigenvalue weighted by Crippen LogP contribution is -2.29. The molecule has 6 rings (SSSR count). The molecule has 4 heterocycles. The number of unbranched alkanes of at least 4 members (excludes halogenated alkanes) is 7. The van der Waals surface area contributed by atoms with Gasteiger partial charge in [0.2, 0.25) is 11.8 Å². The summed E-state index contributed by atoms with van der Waals surface area (Å²) < 4.78 is 34.2. The fourth-order valence-corrected chi connectivity index (χ4v) is 9.37. The van der Waals surface area contributed by atoms with Crippen LogP contribution in [0.15, 0.2) is 47.6 Å². The molecule has 342 valence electrons. The zero-order valence-electron chi connectivity index (χ0n) is 36.9. The standard InChI is InChI=1S/C48H68N2O12/c1-31-35-19-17-33(15-13-25-47(3)43(61-47)41(35)59-45(31)55)29-57-39(53)23-21-37(51)49-27-11-9-7-5-6-8-10-12-28-50-38(52)22-24-40(54)58-30-34-16-14-26-48(4)44(62-48)42-36(20-18-34)32(2)46(56)60-42/h15-16,35-36,41-44H,1-2,5-14,17-30H2,3-4H3,(H,49,51)(H,50,52)/b33-15+,34-16+/t35-,36-,41-,42-,43-,44-,47+,48+/m0/s1. The van der Waals surface area contributed by atoms with Crippen molar-refractivity contribution < 1.29 is 57.2 Å². The molecule has 0 radical (unpaired) electrons. The predicted octanol–water partition coefficient (Wildman–Crippen LogP) is 6.50. The van der Waals surface area contributed by atoms with E-state index in [9.17, 15) is 28.8 Å². The Labute approximate surface area is 366 Å². The van der Waals surface area contributed by atoms with E-state index in [1.807, 2.05) is 13.8 Å². The largest absolute Gasteiger partial charge is 0.461 e. The van der Waals surface area contributed by atoms with Gasteiger partial charge in [-0.05, 0) is 89.2 Å². The summed E-state index contributed by atoms with van der Waals surface area (Å²) in [7, 11) is 0. The first-order chi connectivity index (χ1) is 29.8. The first-order valence-corrected chi connectivity index (χ1v) is 23.1. The van der Waals surface area contributed by atoms with Crippen LogP contribution in [0.5, 0.6) is 0 Å². The molecule has 14 nitrogen and oxygen atoms in total. The van der Waals surface area contributed by atoms with Gasteiger partial charge >= 0.3 is 23.9 Å². The van der Waals surface area contributed by atoms with Crippen LogP contribution < -0.4 is 10.6 Å². The number of esters is 4. The van der Waals surface area contributed by atoms with Crippen LogP contribution in [0.2, 0.25) is 0 Å². The monoisotopic (exact) mass is 864 g/mol. The SMILES string of the molecule is C=C1C(=O)O[C@H]2[C@H]1CC/C(COC(=O)CCC(=O)NCCCCCCCCCCNC(=O)CCC(=O)OC/C1=C/CC[C@@]3(C)O[C@H]3[C@H]3OC(=O)C(=C)[C@@H]3CC1)=C\CC[C@@]1(C)O[C@@H]21. The maximum absolute atomic E-state index is 12.5. The van der Waals surface area contributed by atoms with Crippen molar-refractivity contribution in [3.05, 3.63) is 47.6 Å². The maximum Gasteiger partial charge on any atom is 0.334 e. The molecule has 8 atom stereocenters. The number of ether oxygens (including phenoxy) is 6. The Hall–Kier alpha value is -4.30. The van der Waals surface area contributed by atoms with E-state index in [-0.39, 0.29) is 110 Å². The van der Waals surface area contributed by atoms with Crippen LogP contribution in [-0.2, 0) is 57.2 Å². The van der Waals surface area contributed by atoms with Crippen LogP contribution >= 0.6 is 0 Å². The van der Waals surface area contributed by atoms with Crippen molar-refractivity contribution in [3.63, 3.8) is 0 Å². The molecule has 4 saturated heterocycles. The molecule has 0 aromatic heterocycles. The highest BCUT2D eigenvalue weighted by Gasteiger charge is 2.62. The minimum atomic E-state index is -0.409. The number of nitrogens with one attached hydrogen (secondary N) is 2. The minimum absolute atomic E-state index is 0.0207. The second-order valence-electron chi connectivity index (χ2n) is 18.4. The van der Waals surface area contributed by atoms with Gasteiger partial charge in [-0.3, -0.25) is 19.2 Å². The topological polar surface area (TPSA) is 188 Å². The van der Waals surface area contributed by atoms with Crippen LogP contribution in [0.3, 0.4) is 0 Å². The number of amides is 2. The van der Waals surface area contributed by atoms with Crippen molar-refractivity contribution in [1.29, 1.82) is 0 Å². The van der Waals surface area contributed by atoms with Crippen molar-refractivity contribution in [1.82, 2.24) is 10.6 Å². The minimum Gasteiger partial charge on any atom is -0.461 e. The fraction of sp³-hybridized carbons (Fsp3) is 0.708. The Morgan fingerprint density at radius 1 is 0.629 bits per heavy atom. The van der Waals surface area contributed by atoms with Crippen LogP contribution in [0.4, 0.5) is 0 Å². The first-order valence-electron chi connectivity index (χ1n) is 23.1. The highest BCUT2D eigenvalue weighted by atomic mass is 16.7. The third-order valence-corrected chi connectivity index (χ3v) is 13.6. The van der Waals surface area contributed by atoms with Crippen molar-refractivity contribution >= 4 is 35.7 Å². The Morgan fingerprint density at radius 2 is 1.02 bits per heavy atom. The number of epoxide rings is 2. The lowest BCUT2D eigenvalue weighted by Gasteiger charge is -2.20. The van der Waals surface area contributed by atoms with Crippen molar-refractivity contribution in [3.8, 4) is 0 Å². The molecular formula is C48H68N2O12. The molecule has 0 aromatic rings. The molecule has 0 unspecified atom stereocenters. The van der Waals surface area contributed by atoms with Crippen LogP contribution in [-0.4, -0.2) is 97.6 Å². The Balaban J connectivity index is 0.715. The summed E-state index contributed by atoms with van der Waals surface area (Å²) in [6.07, 6.45) is 17.5. The molecule has 6 aliphatic rings. The third-order valence-electron chi connectivity index (χ3n) is 13.6. The van der Waals surface area contributed by atoms with Crippen LogP contribution in [0.1, 0.15) is 142 Å². The van der Waals surface area contributed by atoms with Gasteiger partial charge in [-0.2, -0.15) is 0 Å². The van der Waals surface area contributed by atoms with E-state index in [1.165, 1.54) is 0 Å². The van der Waals surface area contributed by atoms with Gasteiger partial charge in [0.25, 0.3) is 0 Å². The van der Waals surface area contributed by atoms with E-state index < -0.39 is 11.9 Å². The molecule has 0 bridgehead atoms. The van der Waals surface area contributed by atoms with Gasteiger partial charge in [0.05, 0.1) is 24.0 Å². The molecular weight excluding hydrogens is 797 g/mol. The third kappa shape index (κ3) is 13.1. The number of rotatable bonds is 21. The molecule has 2 amide bonds. The molecule has 14 heteroatoms. The molecule has 2 N–H and O–H groups in total. The van der Waals surface area contributed by atoms with E-state index in [0.29, 0.717) is 49.9 Å². The van der Waals surface area contributed by atoms with E-state index in [1.54, 1.807) is 0 Å².